The number of aliphatic hydroxyl groups is 1. The molecule has 2 atom stereocenters. The van der Waals surface area contributed by atoms with Crippen LogP contribution in [-0.4, -0.2) is 49.1 Å². The van der Waals surface area contributed by atoms with E-state index in [1.54, 1.807) is 62.1 Å². The van der Waals surface area contributed by atoms with E-state index in [0.717, 1.165) is 12.8 Å². The molecule has 0 bridgehead atoms. The molecule has 172 valence electrons. The summed E-state index contributed by atoms with van der Waals surface area (Å²) in [7, 11) is -3.86. The number of ether oxygens (including phenoxy) is 1. The molecule has 2 aromatic carbocycles. The average molecular weight is 459 g/mol. The topological polar surface area (TPSA) is 87.2 Å². The van der Waals surface area contributed by atoms with Gasteiger partial charge in [0.05, 0.1) is 16.6 Å². The fourth-order valence-electron chi connectivity index (χ4n) is 4.58. The number of aliphatic hydroxyl groups excluding tert-OH is 1. The lowest BCUT2D eigenvalue weighted by Gasteiger charge is -2.47. The normalized spacial score (nSPS) is 22.8. The lowest BCUT2D eigenvalue weighted by molar-refractivity contribution is -0.147. The molecule has 8 heteroatoms. The summed E-state index contributed by atoms with van der Waals surface area (Å²) in [6.45, 7) is 6.14. The molecule has 32 heavy (non-hydrogen) atoms. The monoisotopic (exact) mass is 458 g/mol. The van der Waals surface area contributed by atoms with Crippen LogP contribution in [0, 0.1) is 0 Å². The van der Waals surface area contributed by atoms with Crippen LogP contribution in [0.25, 0.3) is 0 Å². The molecule has 2 aliphatic rings. The van der Waals surface area contributed by atoms with Gasteiger partial charge in [-0.2, -0.15) is 0 Å². The molecular formula is C24H30N2O5S. The van der Waals surface area contributed by atoms with Crippen LogP contribution in [0.4, 0.5) is 5.69 Å². The van der Waals surface area contributed by atoms with Gasteiger partial charge >= 0.3 is 0 Å². The molecule has 0 aliphatic carbocycles. The van der Waals surface area contributed by atoms with Crippen molar-refractivity contribution in [1.29, 1.82) is 0 Å². The summed E-state index contributed by atoms with van der Waals surface area (Å²) in [5, 5.41) is 11.2. The molecule has 7 nitrogen and oxygen atoms in total. The first-order chi connectivity index (χ1) is 15.2. The van der Waals surface area contributed by atoms with Crippen LogP contribution in [0.15, 0.2) is 53.4 Å². The fourth-order valence-corrected chi connectivity index (χ4v) is 6.09. The Balaban J connectivity index is 1.81. The molecule has 1 N–H and O–H groups in total. The minimum atomic E-state index is -3.86. The van der Waals surface area contributed by atoms with E-state index in [1.807, 2.05) is 6.07 Å². The number of rotatable bonds is 5. The highest BCUT2D eigenvalue weighted by molar-refractivity contribution is 7.92. The molecule has 0 aromatic heterocycles. The van der Waals surface area contributed by atoms with Gasteiger partial charge in [-0.05, 0) is 63.9 Å². The summed E-state index contributed by atoms with van der Waals surface area (Å²) >= 11 is 0. The maximum atomic E-state index is 13.5. The number of carbonyl (C=O) groups is 1. The van der Waals surface area contributed by atoms with Crippen molar-refractivity contribution in [2.45, 2.75) is 62.7 Å². The number of nitrogens with zero attached hydrogens (tertiary/aromatic N) is 2. The first-order valence-electron chi connectivity index (χ1n) is 11.0. The molecule has 1 amide bonds. The Labute approximate surface area is 189 Å². The van der Waals surface area contributed by atoms with Crippen molar-refractivity contribution in [3.63, 3.8) is 0 Å². The zero-order valence-electron chi connectivity index (χ0n) is 18.7. The van der Waals surface area contributed by atoms with E-state index in [0.29, 0.717) is 30.0 Å². The molecule has 0 saturated carbocycles. The van der Waals surface area contributed by atoms with Crippen LogP contribution in [0.1, 0.15) is 51.6 Å². The average Bonchev–Trinajstić information content (AvgIpc) is 2.76. The van der Waals surface area contributed by atoms with Crippen molar-refractivity contribution in [2.75, 3.05) is 17.4 Å². The number of benzene rings is 2. The molecule has 0 radical (unpaired) electrons. The number of para-hydroxylation sites is 1. The molecule has 0 unspecified atom stereocenters. The van der Waals surface area contributed by atoms with Gasteiger partial charge in [-0.15, -0.1) is 0 Å². The summed E-state index contributed by atoms with van der Waals surface area (Å²) in [6, 6.07) is 13.0. The second-order valence-electron chi connectivity index (χ2n) is 8.84. The highest BCUT2D eigenvalue weighted by Crippen LogP contribution is 2.45. The van der Waals surface area contributed by atoms with E-state index in [4.69, 9.17) is 4.74 Å². The summed E-state index contributed by atoms with van der Waals surface area (Å²) in [5.41, 5.74) is 0.181. The maximum absolute atomic E-state index is 13.5. The third-order valence-electron chi connectivity index (χ3n) is 6.30. The second kappa shape index (κ2) is 8.41. The Morgan fingerprint density at radius 2 is 1.88 bits per heavy atom. The highest BCUT2D eigenvalue weighted by Gasteiger charge is 2.47. The van der Waals surface area contributed by atoms with Gasteiger partial charge in [0.25, 0.3) is 10.0 Å². The van der Waals surface area contributed by atoms with Gasteiger partial charge < -0.3 is 14.7 Å². The summed E-state index contributed by atoms with van der Waals surface area (Å²) in [5.74, 6) is 0.460. The number of sulfonamides is 1. The number of hydrogen-bond acceptors (Lipinski definition) is 5. The Kier molecular flexibility index (Phi) is 5.94. The van der Waals surface area contributed by atoms with Gasteiger partial charge in [0.15, 0.2) is 0 Å². The van der Waals surface area contributed by atoms with E-state index in [-0.39, 0.29) is 17.3 Å². The molecule has 1 fully saturated rings. The Hall–Kier alpha value is -2.58. The Morgan fingerprint density at radius 1 is 1.16 bits per heavy atom. The van der Waals surface area contributed by atoms with Crippen LogP contribution < -0.4 is 9.04 Å². The number of likely N-dealkylation sites (tertiary alicyclic amines) is 1. The lowest BCUT2D eigenvalue weighted by Crippen LogP contribution is -2.55. The van der Waals surface area contributed by atoms with E-state index in [2.05, 4.69) is 0 Å². The molecule has 1 saturated heterocycles. The summed E-state index contributed by atoms with van der Waals surface area (Å²) in [6.07, 6.45) is 1.10. The van der Waals surface area contributed by atoms with E-state index in [9.17, 15) is 18.3 Å². The number of piperidine rings is 1. The SMILES string of the molecule is CCN(c1ccccc1)S(=O)(=O)c1ccc2c(c1)[C@@H](N1CCCCC1=O)[C@H](O)C(C)(C)O2. The van der Waals surface area contributed by atoms with Gasteiger partial charge in [0, 0.05) is 25.1 Å². The van der Waals surface area contributed by atoms with Crippen molar-refractivity contribution in [1.82, 2.24) is 4.90 Å². The first-order valence-corrected chi connectivity index (χ1v) is 12.5. The lowest BCUT2D eigenvalue weighted by atomic mass is 9.84. The third-order valence-corrected chi connectivity index (χ3v) is 8.20. The quantitative estimate of drug-likeness (QED) is 0.741. The van der Waals surface area contributed by atoms with E-state index >= 15 is 0 Å². The second-order valence-corrected chi connectivity index (χ2v) is 10.7. The minimum Gasteiger partial charge on any atom is -0.485 e. The smallest absolute Gasteiger partial charge is 0.264 e. The van der Waals surface area contributed by atoms with Crippen molar-refractivity contribution in [2.24, 2.45) is 0 Å². The van der Waals surface area contributed by atoms with Gasteiger partial charge in [-0.3, -0.25) is 9.10 Å². The van der Waals surface area contributed by atoms with E-state index < -0.39 is 27.8 Å². The van der Waals surface area contributed by atoms with Crippen LogP contribution in [0.3, 0.4) is 0 Å². The largest absolute Gasteiger partial charge is 0.485 e. The zero-order chi connectivity index (χ0) is 23.1. The van der Waals surface area contributed by atoms with Crippen molar-refractivity contribution >= 4 is 21.6 Å². The Morgan fingerprint density at radius 3 is 2.53 bits per heavy atom. The fraction of sp³-hybridized carbons (Fsp3) is 0.458. The summed E-state index contributed by atoms with van der Waals surface area (Å²) < 4.78 is 34.5. The molecule has 0 spiro atoms. The number of amides is 1. The van der Waals surface area contributed by atoms with Crippen LogP contribution in [-0.2, 0) is 14.8 Å². The Bertz CT molecular complexity index is 1100. The molecule has 4 rings (SSSR count). The third kappa shape index (κ3) is 3.86. The standard InChI is InChI=1S/C24H30N2O5S/c1-4-26(17-10-6-5-7-11-17)32(29,30)18-13-14-20-19(16-18)22(23(28)24(2,3)31-20)25-15-9-8-12-21(25)27/h5-7,10-11,13-14,16,22-23,28H,4,8-9,12,15H2,1-3H3/t22-,23+/m1/s1. The van der Waals surface area contributed by atoms with Crippen LogP contribution >= 0.6 is 0 Å². The van der Waals surface area contributed by atoms with E-state index in [1.165, 1.54) is 10.4 Å². The van der Waals surface area contributed by atoms with Gasteiger partial charge in [0.1, 0.15) is 17.5 Å². The van der Waals surface area contributed by atoms with Gasteiger partial charge in [0.2, 0.25) is 5.91 Å². The zero-order valence-corrected chi connectivity index (χ0v) is 19.5. The minimum absolute atomic E-state index is 0.0309. The first kappa shape index (κ1) is 22.6. The summed E-state index contributed by atoms with van der Waals surface area (Å²) in [4.78, 5) is 14.5. The van der Waals surface area contributed by atoms with Gasteiger partial charge in [-0.1, -0.05) is 18.2 Å². The number of fused-ring (bicyclic) bond motifs is 1. The van der Waals surface area contributed by atoms with Gasteiger partial charge in [-0.25, -0.2) is 8.42 Å². The highest BCUT2D eigenvalue weighted by atomic mass is 32.2. The molecule has 2 heterocycles. The van der Waals surface area contributed by atoms with Crippen LogP contribution in [0.5, 0.6) is 5.75 Å². The number of anilines is 1. The molecule has 2 aromatic rings. The van der Waals surface area contributed by atoms with Crippen molar-refractivity contribution < 1.29 is 23.1 Å². The molecule has 2 aliphatic heterocycles. The predicted molar refractivity (Wildman–Crippen MR) is 122 cm³/mol. The number of hydrogen-bond donors (Lipinski definition) is 1. The van der Waals surface area contributed by atoms with Crippen molar-refractivity contribution in [3.05, 3.63) is 54.1 Å². The van der Waals surface area contributed by atoms with Crippen LogP contribution in [0.2, 0.25) is 0 Å². The van der Waals surface area contributed by atoms with Crippen molar-refractivity contribution in [3.8, 4) is 5.75 Å². The maximum Gasteiger partial charge on any atom is 0.264 e. The predicted octanol–water partition coefficient (Wildman–Crippen LogP) is 3.49. The number of carbonyl (C=O) groups excluding carboxylic acids is 1. The molecular weight excluding hydrogens is 428 g/mol.